The fraction of sp³-hybridized carbons (Fsp3) is 0.176. The predicted octanol–water partition coefficient (Wildman–Crippen LogP) is 4.15. The Hall–Kier alpha value is -2.40. The fourth-order valence-corrected chi connectivity index (χ4v) is 3.06. The molecule has 3 N–H and O–H groups in total. The van der Waals surface area contributed by atoms with Crippen molar-refractivity contribution >= 4 is 38.2 Å². The summed E-state index contributed by atoms with van der Waals surface area (Å²) in [6, 6.07) is 16.2. The molecule has 0 radical (unpaired) electrons. The van der Waals surface area contributed by atoms with Gasteiger partial charge < -0.3 is 11.1 Å². The van der Waals surface area contributed by atoms with Gasteiger partial charge in [0.15, 0.2) is 5.13 Å². The van der Waals surface area contributed by atoms with Gasteiger partial charge in [0.05, 0.1) is 10.2 Å². The van der Waals surface area contributed by atoms with Crippen molar-refractivity contribution in [3.8, 4) is 0 Å². The summed E-state index contributed by atoms with van der Waals surface area (Å²) in [6.07, 6.45) is 0. The van der Waals surface area contributed by atoms with Crippen LogP contribution in [0, 0.1) is 0 Å². The monoisotopic (exact) mass is 310 g/mol. The zero-order valence-corrected chi connectivity index (χ0v) is 13.4. The van der Waals surface area contributed by atoms with E-state index in [0.717, 1.165) is 26.6 Å². The van der Waals surface area contributed by atoms with Crippen molar-refractivity contribution in [3.05, 3.63) is 54.1 Å². The number of nitrogens with two attached hydrogens (primary N) is 1. The number of benzene rings is 2. The number of aliphatic imine (C=N–C) groups is 1. The molecule has 3 aromatic rings. The van der Waals surface area contributed by atoms with Gasteiger partial charge in [-0.2, -0.15) is 0 Å². The Balaban J connectivity index is 1.90. The van der Waals surface area contributed by atoms with Gasteiger partial charge in [0, 0.05) is 17.3 Å². The van der Waals surface area contributed by atoms with E-state index in [2.05, 4.69) is 15.3 Å². The summed E-state index contributed by atoms with van der Waals surface area (Å²) < 4.78 is 1.10. The smallest absolute Gasteiger partial charge is 0.188 e. The Labute approximate surface area is 133 Å². The molecule has 0 saturated carbocycles. The molecule has 2 aromatic carbocycles. The van der Waals surface area contributed by atoms with Crippen LogP contribution < -0.4 is 11.1 Å². The van der Waals surface area contributed by atoms with Gasteiger partial charge in [-0.25, -0.2) is 4.98 Å². The van der Waals surface area contributed by atoms with E-state index in [1.54, 1.807) is 11.3 Å². The predicted molar refractivity (Wildman–Crippen MR) is 95.2 cm³/mol. The van der Waals surface area contributed by atoms with E-state index in [1.807, 2.05) is 62.4 Å². The summed E-state index contributed by atoms with van der Waals surface area (Å²) in [5.41, 5.74) is 8.97. The minimum Gasteiger partial charge on any atom is -0.383 e. The third-order valence-electron chi connectivity index (χ3n) is 3.11. The normalized spacial score (nSPS) is 12.0. The van der Waals surface area contributed by atoms with E-state index in [4.69, 9.17) is 5.73 Å². The van der Waals surface area contributed by atoms with Gasteiger partial charge >= 0.3 is 0 Å². The largest absolute Gasteiger partial charge is 0.383 e. The topological polar surface area (TPSA) is 63.3 Å². The highest BCUT2D eigenvalue weighted by Gasteiger charge is 2.07. The van der Waals surface area contributed by atoms with Crippen LogP contribution in [-0.2, 0) is 0 Å². The Morgan fingerprint density at radius 3 is 2.68 bits per heavy atom. The van der Waals surface area contributed by atoms with Crippen LogP contribution in [0.4, 0.5) is 10.8 Å². The second-order valence-corrected chi connectivity index (χ2v) is 6.33. The van der Waals surface area contributed by atoms with Gasteiger partial charge in [-0.3, -0.25) is 4.99 Å². The Morgan fingerprint density at radius 2 is 1.95 bits per heavy atom. The van der Waals surface area contributed by atoms with Crippen LogP contribution in [0.5, 0.6) is 0 Å². The Bertz CT molecular complexity index is 806. The highest BCUT2D eigenvalue weighted by Crippen LogP contribution is 2.29. The number of hydrogen-bond acceptors (Lipinski definition) is 4. The van der Waals surface area contributed by atoms with Crippen molar-refractivity contribution in [2.75, 3.05) is 5.32 Å². The molecule has 0 aliphatic rings. The quantitative estimate of drug-likeness (QED) is 0.562. The van der Waals surface area contributed by atoms with Gasteiger partial charge in [0.2, 0.25) is 0 Å². The van der Waals surface area contributed by atoms with Gasteiger partial charge in [0.1, 0.15) is 5.84 Å². The van der Waals surface area contributed by atoms with E-state index in [1.165, 1.54) is 0 Å². The van der Waals surface area contributed by atoms with Crippen LogP contribution in [0.3, 0.4) is 0 Å². The number of nitrogens with one attached hydrogen (secondary N) is 1. The third-order valence-corrected chi connectivity index (χ3v) is 4.04. The fourth-order valence-electron chi connectivity index (χ4n) is 2.14. The van der Waals surface area contributed by atoms with Gasteiger partial charge in [-0.15, -0.1) is 0 Å². The SMILES string of the molecule is CC(C)N=C(N)c1ccc2nc(Nc3ccccc3)sc2c1. The van der Waals surface area contributed by atoms with Crippen LogP contribution in [0.1, 0.15) is 19.4 Å². The van der Waals surface area contributed by atoms with Crippen LogP contribution >= 0.6 is 11.3 Å². The van der Waals surface area contributed by atoms with Crippen molar-refractivity contribution in [1.82, 2.24) is 4.98 Å². The lowest BCUT2D eigenvalue weighted by Crippen LogP contribution is -2.15. The number of fused-ring (bicyclic) bond motifs is 1. The molecule has 112 valence electrons. The molecule has 0 atom stereocenters. The van der Waals surface area contributed by atoms with Gasteiger partial charge in [0.25, 0.3) is 0 Å². The van der Waals surface area contributed by atoms with E-state index in [9.17, 15) is 0 Å². The second-order valence-electron chi connectivity index (χ2n) is 5.30. The van der Waals surface area contributed by atoms with E-state index < -0.39 is 0 Å². The summed E-state index contributed by atoms with van der Waals surface area (Å²) in [5, 5.41) is 4.19. The molecule has 0 saturated heterocycles. The first-order valence-electron chi connectivity index (χ1n) is 7.18. The summed E-state index contributed by atoms with van der Waals surface area (Å²) >= 11 is 1.61. The number of nitrogens with zero attached hydrogens (tertiary/aromatic N) is 2. The lowest BCUT2D eigenvalue weighted by atomic mass is 10.2. The number of rotatable bonds is 4. The molecule has 0 aliphatic carbocycles. The molecule has 3 rings (SSSR count). The zero-order valence-electron chi connectivity index (χ0n) is 12.6. The van der Waals surface area contributed by atoms with Crippen LogP contribution in [0.25, 0.3) is 10.2 Å². The maximum Gasteiger partial charge on any atom is 0.188 e. The minimum absolute atomic E-state index is 0.187. The third kappa shape index (κ3) is 3.26. The molecular formula is C17H18N4S. The molecule has 0 aliphatic heterocycles. The number of thiazole rings is 1. The first kappa shape index (κ1) is 14.5. The minimum atomic E-state index is 0.187. The first-order chi connectivity index (χ1) is 10.6. The summed E-state index contributed by atoms with van der Waals surface area (Å²) in [5.74, 6) is 0.572. The van der Waals surface area contributed by atoms with Crippen molar-refractivity contribution in [1.29, 1.82) is 0 Å². The number of hydrogen-bond donors (Lipinski definition) is 2. The first-order valence-corrected chi connectivity index (χ1v) is 8.00. The summed E-state index contributed by atoms with van der Waals surface area (Å²) in [6.45, 7) is 4.03. The lowest BCUT2D eigenvalue weighted by Gasteiger charge is -2.02. The standard InChI is InChI=1S/C17H18N4S/c1-11(2)19-16(18)12-8-9-14-15(10-12)22-17(21-14)20-13-6-4-3-5-7-13/h3-11H,1-2H3,(H2,18,19)(H,20,21). The number of anilines is 2. The maximum atomic E-state index is 6.04. The highest BCUT2D eigenvalue weighted by atomic mass is 32.1. The molecule has 0 amide bonds. The van der Waals surface area contributed by atoms with E-state index >= 15 is 0 Å². The van der Waals surface area contributed by atoms with Crippen molar-refractivity contribution in [3.63, 3.8) is 0 Å². The number of aromatic nitrogens is 1. The maximum absolute atomic E-state index is 6.04. The van der Waals surface area contributed by atoms with Gasteiger partial charge in [-0.05, 0) is 44.2 Å². The molecule has 4 nitrogen and oxygen atoms in total. The molecular weight excluding hydrogens is 292 g/mol. The molecule has 1 aromatic heterocycles. The number of para-hydroxylation sites is 1. The average Bonchev–Trinajstić information content (AvgIpc) is 2.88. The molecule has 1 heterocycles. The average molecular weight is 310 g/mol. The summed E-state index contributed by atoms with van der Waals surface area (Å²) in [7, 11) is 0. The molecule has 0 bridgehead atoms. The Kier molecular flexibility index (Phi) is 4.06. The van der Waals surface area contributed by atoms with Crippen LogP contribution in [0.15, 0.2) is 53.5 Å². The molecule has 0 spiro atoms. The lowest BCUT2D eigenvalue weighted by molar-refractivity contribution is 0.834. The molecule has 0 fully saturated rings. The number of amidine groups is 1. The molecule has 22 heavy (non-hydrogen) atoms. The van der Waals surface area contributed by atoms with E-state index in [-0.39, 0.29) is 6.04 Å². The summed E-state index contributed by atoms with van der Waals surface area (Å²) in [4.78, 5) is 8.99. The van der Waals surface area contributed by atoms with Gasteiger partial charge in [-0.1, -0.05) is 29.5 Å². The van der Waals surface area contributed by atoms with Crippen molar-refractivity contribution < 1.29 is 0 Å². The second kappa shape index (κ2) is 6.15. The molecule has 5 heteroatoms. The van der Waals surface area contributed by atoms with E-state index in [0.29, 0.717) is 5.84 Å². The van der Waals surface area contributed by atoms with Crippen molar-refractivity contribution in [2.45, 2.75) is 19.9 Å². The van der Waals surface area contributed by atoms with Crippen molar-refractivity contribution in [2.24, 2.45) is 10.7 Å². The highest BCUT2D eigenvalue weighted by molar-refractivity contribution is 7.22. The Morgan fingerprint density at radius 1 is 1.18 bits per heavy atom. The van der Waals surface area contributed by atoms with Crippen LogP contribution in [-0.4, -0.2) is 16.9 Å². The molecule has 0 unspecified atom stereocenters. The zero-order chi connectivity index (χ0) is 15.5. The van der Waals surface area contributed by atoms with Crippen LogP contribution in [0.2, 0.25) is 0 Å².